The molecule has 0 bridgehead atoms. The standard InChI is InChI=1S/C24H30O6/c1-13-7-5-9-17(15(13)3)23-27-12-20-22(30-23)21(19(26)11-25)29-24(28-20)18-10-6-8-14(2)16(18)4/h5-10,19-26H,11-12H2,1-4H3/t19-,20+,21-,22-,23?,24?/m1/s1. The van der Waals surface area contributed by atoms with Gasteiger partial charge in [0.15, 0.2) is 12.6 Å². The highest BCUT2D eigenvalue weighted by Gasteiger charge is 2.48. The van der Waals surface area contributed by atoms with Crippen molar-refractivity contribution in [3.63, 3.8) is 0 Å². The van der Waals surface area contributed by atoms with E-state index in [-0.39, 0.29) is 0 Å². The molecule has 0 aliphatic carbocycles. The lowest BCUT2D eigenvalue weighted by molar-refractivity contribution is -0.373. The molecule has 2 N–H and O–H groups in total. The Morgan fingerprint density at radius 3 is 2.07 bits per heavy atom. The smallest absolute Gasteiger partial charge is 0.185 e. The van der Waals surface area contributed by atoms with Gasteiger partial charge in [0.2, 0.25) is 0 Å². The Bertz CT molecular complexity index is 895. The van der Waals surface area contributed by atoms with Crippen molar-refractivity contribution >= 4 is 0 Å². The summed E-state index contributed by atoms with van der Waals surface area (Å²) in [7, 11) is 0. The van der Waals surface area contributed by atoms with Gasteiger partial charge in [-0.3, -0.25) is 0 Å². The van der Waals surface area contributed by atoms with Gasteiger partial charge in [0, 0.05) is 11.1 Å². The van der Waals surface area contributed by atoms with Gasteiger partial charge in [-0.25, -0.2) is 0 Å². The maximum Gasteiger partial charge on any atom is 0.185 e. The molecule has 0 radical (unpaired) electrons. The van der Waals surface area contributed by atoms with Gasteiger partial charge in [-0.05, 0) is 49.9 Å². The number of hydrogen-bond acceptors (Lipinski definition) is 6. The Hall–Kier alpha value is -1.80. The van der Waals surface area contributed by atoms with Gasteiger partial charge in [-0.2, -0.15) is 0 Å². The first-order valence-electron chi connectivity index (χ1n) is 10.4. The van der Waals surface area contributed by atoms with Crippen molar-refractivity contribution in [3.05, 3.63) is 69.8 Å². The van der Waals surface area contributed by atoms with Crippen molar-refractivity contribution in [1.82, 2.24) is 0 Å². The zero-order chi connectivity index (χ0) is 21.4. The van der Waals surface area contributed by atoms with Gasteiger partial charge in [-0.15, -0.1) is 0 Å². The van der Waals surface area contributed by atoms with Crippen LogP contribution in [0.25, 0.3) is 0 Å². The van der Waals surface area contributed by atoms with Gasteiger partial charge in [-0.1, -0.05) is 36.4 Å². The van der Waals surface area contributed by atoms with Crippen molar-refractivity contribution < 1.29 is 29.2 Å². The number of rotatable bonds is 4. The average molecular weight is 414 g/mol. The summed E-state index contributed by atoms with van der Waals surface area (Å²) < 4.78 is 24.6. The van der Waals surface area contributed by atoms with E-state index in [0.29, 0.717) is 6.61 Å². The second-order valence-corrected chi connectivity index (χ2v) is 8.20. The number of hydrogen-bond donors (Lipinski definition) is 2. The highest BCUT2D eigenvalue weighted by atomic mass is 16.8. The van der Waals surface area contributed by atoms with Crippen molar-refractivity contribution in [2.45, 2.75) is 64.7 Å². The quantitative estimate of drug-likeness (QED) is 0.800. The maximum absolute atomic E-state index is 10.5. The first kappa shape index (κ1) is 21.4. The van der Waals surface area contributed by atoms with E-state index in [1.807, 2.05) is 64.1 Å². The van der Waals surface area contributed by atoms with E-state index >= 15 is 0 Å². The third kappa shape index (κ3) is 3.91. The third-order valence-corrected chi connectivity index (χ3v) is 6.33. The topological polar surface area (TPSA) is 77.4 Å². The predicted octanol–water partition coefficient (Wildman–Crippen LogP) is 3.17. The van der Waals surface area contributed by atoms with E-state index in [0.717, 1.165) is 33.4 Å². The fourth-order valence-electron chi connectivity index (χ4n) is 4.14. The lowest BCUT2D eigenvalue weighted by Gasteiger charge is -2.47. The molecule has 2 aliphatic heterocycles. The Morgan fingerprint density at radius 2 is 1.47 bits per heavy atom. The van der Waals surface area contributed by atoms with E-state index in [1.54, 1.807) is 0 Å². The fourth-order valence-corrected chi connectivity index (χ4v) is 4.14. The molecule has 2 saturated heterocycles. The molecule has 6 heteroatoms. The van der Waals surface area contributed by atoms with E-state index in [4.69, 9.17) is 18.9 Å². The largest absolute Gasteiger partial charge is 0.394 e. The van der Waals surface area contributed by atoms with Crippen molar-refractivity contribution in [2.24, 2.45) is 0 Å². The minimum absolute atomic E-state index is 0.308. The van der Waals surface area contributed by atoms with Crippen LogP contribution in [0.15, 0.2) is 36.4 Å². The van der Waals surface area contributed by atoms with Gasteiger partial charge >= 0.3 is 0 Å². The molecular weight excluding hydrogens is 384 g/mol. The minimum Gasteiger partial charge on any atom is -0.394 e. The highest BCUT2D eigenvalue weighted by molar-refractivity contribution is 5.35. The Morgan fingerprint density at radius 1 is 0.867 bits per heavy atom. The van der Waals surface area contributed by atoms with Crippen LogP contribution < -0.4 is 0 Å². The Kier molecular flexibility index (Phi) is 6.25. The molecule has 2 aromatic rings. The Labute approximate surface area is 177 Å². The molecule has 30 heavy (non-hydrogen) atoms. The second kappa shape index (κ2) is 8.75. The van der Waals surface area contributed by atoms with Crippen LogP contribution >= 0.6 is 0 Å². The molecule has 0 spiro atoms. The highest BCUT2D eigenvalue weighted by Crippen LogP contribution is 2.40. The number of ether oxygens (including phenoxy) is 4. The zero-order valence-corrected chi connectivity index (χ0v) is 17.9. The number of aliphatic hydroxyl groups is 2. The average Bonchev–Trinajstić information content (AvgIpc) is 2.76. The summed E-state index contributed by atoms with van der Waals surface area (Å²) in [6, 6.07) is 11.9. The molecule has 2 unspecified atom stereocenters. The van der Waals surface area contributed by atoms with Crippen LogP contribution in [-0.4, -0.2) is 47.8 Å². The number of aliphatic hydroxyl groups excluding tert-OH is 2. The number of aryl methyl sites for hydroxylation is 2. The molecule has 6 atom stereocenters. The van der Waals surface area contributed by atoms with Crippen LogP contribution in [0.1, 0.15) is 46.0 Å². The molecule has 4 rings (SSSR count). The van der Waals surface area contributed by atoms with Gasteiger partial charge in [0.1, 0.15) is 24.4 Å². The monoisotopic (exact) mass is 414 g/mol. The van der Waals surface area contributed by atoms with E-state index in [2.05, 4.69) is 0 Å². The Balaban J connectivity index is 1.61. The van der Waals surface area contributed by atoms with Crippen molar-refractivity contribution in [3.8, 4) is 0 Å². The SMILES string of the molecule is Cc1cccc(C2OC[C@@H]3OC(c4cccc(C)c4C)O[C@H]([C@H](O)CO)[C@@H]3O2)c1C. The summed E-state index contributed by atoms with van der Waals surface area (Å²) in [6.07, 6.45) is -4.06. The maximum atomic E-state index is 10.5. The van der Waals surface area contributed by atoms with Crippen LogP contribution in [-0.2, 0) is 18.9 Å². The first-order chi connectivity index (χ1) is 14.4. The molecule has 0 amide bonds. The van der Waals surface area contributed by atoms with Gasteiger partial charge in [0.25, 0.3) is 0 Å². The molecule has 2 heterocycles. The fraction of sp³-hybridized carbons (Fsp3) is 0.500. The van der Waals surface area contributed by atoms with Crippen LogP contribution in [0.3, 0.4) is 0 Å². The van der Waals surface area contributed by atoms with Crippen LogP contribution in [0.5, 0.6) is 0 Å². The third-order valence-electron chi connectivity index (χ3n) is 6.33. The molecule has 2 fully saturated rings. The summed E-state index contributed by atoms with van der Waals surface area (Å²) >= 11 is 0. The molecule has 6 nitrogen and oxygen atoms in total. The van der Waals surface area contributed by atoms with Crippen LogP contribution in [0.2, 0.25) is 0 Å². The number of fused-ring (bicyclic) bond motifs is 1. The van der Waals surface area contributed by atoms with E-state index < -0.39 is 43.6 Å². The van der Waals surface area contributed by atoms with Gasteiger partial charge < -0.3 is 29.2 Å². The summed E-state index contributed by atoms with van der Waals surface area (Å²) in [5, 5.41) is 20.2. The number of benzene rings is 2. The molecule has 162 valence electrons. The van der Waals surface area contributed by atoms with E-state index in [9.17, 15) is 10.2 Å². The molecule has 0 saturated carbocycles. The normalized spacial score (nSPS) is 30.0. The lowest BCUT2D eigenvalue weighted by atomic mass is 9.97. The van der Waals surface area contributed by atoms with Crippen molar-refractivity contribution in [2.75, 3.05) is 13.2 Å². The summed E-state index contributed by atoms with van der Waals surface area (Å²) in [4.78, 5) is 0. The predicted molar refractivity (Wildman–Crippen MR) is 111 cm³/mol. The van der Waals surface area contributed by atoms with Crippen LogP contribution in [0, 0.1) is 27.7 Å². The first-order valence-corrected chi connectivity index (χ1v) is 10.4. The summed E-state index contributed by atoms with van der Waals surface area (Å²) in [5.74, 6) is 0. The molecule has 0 aromatic heterocycles. The minimum atomic E-state index is -1.09. The molecular formula is C24H30O6. The van der Waals surface area contributed by atoms with Gasteiger partial charge in [0.05, 0.1) is 13.2 Å². The summed E-state index contributed by atoms with van der Waals surface area (Å²) in [6.45, 7) is 8.02. The van der Waals surface area contributed by atoms with Crippen LogP contribution in [0.4, 0.5) is 0 Å². The van der Waals surface area contributed by atoms with Crippen molar-refractivity contribution in [1.29, 1.82) is 0 Å². The lowest BCUT2D eigenvalue weighted by Crippen LogP contribution is -2.58. The second-order valence-electron chi connectivity index (χ2n) is 8.20. The summed E-state index contributed by atoms with van der Waals surface area (Å²) in [5.41, 5.74) is 6.31. The zero-order valence-electron chi connectivity index (χ0n) is 17.9. The molecule has 2 aliphatic rings. The van der Waals surface area contributed by atoms with E-state index in [1.165, 1.54) is 0 Å². The molecule has 2 aromatic carbocycles.